The minimum absolute atomic E-state index is 0.00405. The van der Waals surface area contributed by atoms with Gasteiger partial charge in [0.15, 0.2) is 0 Å². The number of hydrogen-bond donors (Lipinski definition) is 3. The molecule has 2 rings (SSSR count). The molecule has 1 aromatic heterocycles. The molecule has 0 radical (unpaired) electrons. The number of nitrogens with one attached hydrogen (secondary N) is 2. The quantitative estimate of drug-likeness (QED) is 0.775. The largest absolute Gasteiger partial charge is 0.435 e. The molecule has 0 saturated heterocycles. The van der Waals surface area contributed by atoms with E-state index in [1.165, 1.54) is 30.5 Å². The van der Waals surface area contributed by atoms with Crippen LogP contribution in [0.4, 0.5) is 14.6 Å². The first-order chi connectivity index (χ1) is 9.56. The number of nitrogens with zero attached hydrogens (tertiary/aromatic N) is 1. The molecule has 0 fully saturated rings. The zero-order valence-corrected chi connectivity index (χ0v) is 10.3. The number of benzene rings is 1. The Kier molecular flexibility index (Phi) is 4.14. The Labute approximate surface area is 112 Å². The number of amides is 1. The highest BCUT2D eigenvalue weighted by molar-refractivity contribution is 5.94. The van der Waals surface area contributed by atoms with E-state index in [4.69, 9.17) is 5.73 Å². The highest BCUT2D eigenvalue weighted by atomic mass is 19.3. The average Bonchev–Trinajstić information content (AvgIpc) is 2.82. The van der Waals surface area contributed by atoms with E-state index < -0.39 is 6.61 Å². The number of carbonyl (C=O) groups excluding carboxylic acids is 1. The summed E-state index contributed by atoms with van der Waals surface area (Å²) in [5, 5.41) is 8.90. The second-order valence-electron chi connectivity index (χ2n) is 3.89. The number of halogens is 2. The number of hydrogen-bond acceptors (Lipinski definition) is 4. The molecule has 0 bridgehead atoms. The number of rotatable bonds is 5. The van der Waals surface area contributed by atoms with Crippen LogP contribution in [0.2, 0.25) is 0 Å². The van der Waals surface area contributed by atoms with Gasteiger partial charge in [-0.3, -0.25) is 9.89 Å². The first-order valence-corrected chi connectivity index (χ1v) is 5.67. The lowest BCUT2D eigenvalue weighted by molar-refractivity contribution is -0.0498. The highest BCUT2D eigenvalue weighted by Crippen LogP contribution is 2.15. The molecule has 8 heteroatoms. The molecular formula is C12H12F2N4O2. The van der Waals surface area contributed by atoms with Crippen molar-refractivity contribution < 1.29 is 18.3 Å². The first kappa shape index (κ1) is 13.8. The fourth-order valence-electron chi connectivity index (χ4n) is 1.53. The third kappa shape index (κ3) is 3.44. The van der Waals surface area contributed by atoms with E-state index in [2.05, 4.69) is 20.3 Å². The van der Waals surface area contributed by atoms with Crippen molar-refractivity contribution in [3.8, 4) is 5.75 Å². The van der Waals surface area contributed by atoms with Crippen LogP contribution >= 0.6 is 0 Å². The molecule has 0 aliphatic heterocycles. The van der Waals surface area contributed by atoms with E-state index in [0.29, 0.717) is 16.9 Å². The van der Waals surface area contributed by atoms with Gasteiger partial charge < -0.3 is 15.8 Å². The van der Waals surface area contributed by atoms with Gasteiger partial charge in [0, 0.05) is 17.7 Å². The van der Waals surface area contributed by atoms with Crippen LogP contribution in [-0.2, 0) is 6.54 Å². The number of H-pyrrole nitrogens is 1. The maximum Gasteiger partial charge on any atom is 0.387 e. The smallest absolute Gasteiger partial charge is 0.387 e. The number of aromatic nitrogens is 2. The molecule has 1 aromatic carbocycles. The lowest BCUT2D eigenvalue weighted by Gasteiger charge is -2.06. The van der Waals surface area contributed by atoms with E-state index in [1.807, 2.05) is 0 Å². The number of anilines is 1. The van der Waals surface area contributed by atoms with Gasteiger partial charge in [-0.1, -0.05) is 0 Å². The monoisotopic (exact) mass is 282 g/mol. The Morgan fingerprint density at radius 1 is 1.40 bits per heavy atom. The van der Waals surface area contributed by atoms with Gasteiger partial charge >= 0.3 is 6.61 Å². The Bertz CT molecular complexity index is 583. The summed E-state index contributed by atoms with van der Waals surface area (Å²) in [5.41, 5.74) is 6.57. The second-order valence-corrected chi connectivity index (χ2v) is 3.89. The van der Waals surface area contributed by atoms with Crippen LogP contribution in [0.1, 0.15) is 15.9 Å². The molecule has 1 heterocycles. The van der Waals surface area contributed by atoms with Gasteiger partial charge in [-0.15, -0.1) is 0 Å². The lowest BCUT2D eigenvalue weighted by atomic mass is 10.2. The third-order valence-corrected chi connectivity index (χ3v) is 2.53. The van der Waals surface area contributed by atoms with Crippen molar-refractivity contribution >= 4 is 11.7 Å². The van der Waals surface area contributed by atoms with Crippen LogP contribution < -0.4 is 15.8 Å². The molecule has 0 spiro atoms. The number of aromatic amines is 1. The van der Waals surface area contributed by atoms with Gasteiger partial charge in [0.1, 0.15) is 11.6 Å². The van der Waals surface area contributed by atoms with Crippen LogP contribution in [0.25, 0.3) is 0 Å². The molecule has 20 heavy (non-hydrogen) atoms. The van der Waals surface area contributed by atoms with E-state index in [-0.39, 0.29) is 18.2 Å². The van der Waals surface area contributed by atoms with Crippen molar-refractivity contribution in [3.05, 3.63) is 41.6 Å². The predicted molar refractivity (Wildman–Crippen MR) is 67.2 cm³/mol. The number of ether oxygens (including phenoxy) is 1. The van der Waals surface area contributed by atoms with Crippen LogP contribution in [0, 0.1) is 0 Å². The Hall–Kier alpha value is -2.64. The summed E-state index contributed by atoms with van der Waals surface area (Å²) >= 11 is 0. The lowest BCUT2D eigenvalue weighted by Crippen LogP contribution is -2.22. The zero-order valence-electron chi connectivity index (χ0n) is 10.3. The van der Waals surface area contributed by atoms with Crippen LogP contribution in [-0.4, -0.2) is 22.7 Å². The summed E-state index contributed by atoms with van der Waals surface area (Å²) in [4.78, 5) is 11.8. The van der Waals surface area contributed by atoms with Crippen molar-refractivity contribution in [2.75, 3.05) is 5.73 Å². The Morgan fingerprint density at radius 2 is 2.10 bits per heavy atom. The molecule has 0 saturated carbocycles. The van der Waals surface area contributed by atoms with E-state index in [1.54, 1.807) is 0 Å². The maximum atomic E-state index is 12.0. The second kappa shape index (κ2) is 6.00. The predicted octanol–water partition coefficient (Wildman–Crippen LogP) is 1.52. The molecule has 0 unspecified atom stereocenters. The van der Waals surface area contributed by atoms with Crippen LogP contribution in [0.15, 0.2) is 30.5 Å². The highest BCUT2D eigenvalue weighted by Gasteiger charge is 2.09. The molecule has 1 amide bonds. The maximum absolute atomic E-state index is 12.0. The number of nitrogen functional groups attached to an aromatic ring is 1. The van der Waals surface area contributed by atoms with Gasteiger partial charge in [0.05, 0.1) is 6.20 Å². The molecule has 0 aliphatic carbocycles. The first-order valence-electron chi connectivity index (χ1n) is 5.67. The topological polar surface area (TPSA) is 93.0 Å². The van der Waals surface area contributed by atoms with Gasteiger partial charge in [-0.25, -0.2) is 0 Å². The fraction of sp³-hybridized carbons (Fsp3) is 0.167. The Morgan fingerprint density at radius 3 is 2.65 bits per heavy atom. The van der Waals surface area contributed by atoms with E-state index in [0.717, 1.165) is 0 Å². The van der Waals surface area contributed by atoms with E-state index in [9.17, 15) is 13.6 Å². The Balaban J connectivity index is 1.94. The van der Waals surface area contributed by atoms with Gasteiger partial charge in [-0.2, -0.15) is 13.9 Å². The zero-order chi connectivity index (χ0) is 14.5. The van der Waals surface area contributed by atoms with Gasteiger partial charge in [-0.05, 0) is 24.3 Å². The molecule has 0 aliphatic rings. The summed E-state index contributed by atoms with van der Waals surface area (Å²) in [7, 11) is 0. The third-order valence-electron chi connectivity index (χ3n) is 2.53. The number of alkyl halides is 2. The van der Waals surface area contributed by atoms with Crippen molar-refractivity contribution in [1.82, 2.24) is 15.5 Å². The summed E-state index contributed by atoms with van der Waals surface area (Å²) in [5.74, 6) is 0.0239. The SMILES string of the molecule is Nc1[nH]ncc1CNC(=O)c1ccc(OC(F)F)cc1. The molecule has 6 nitrogen and oxygen atoms in total. The van der Waals surface area contributed by atoms with Gasteiger partial charge in [0.2, 0.25) is 0 Å². The van der Waals surface area contributed by atoms with Crippen molar-refractivity contribution in [1.29, 1.82) is 0 Å². The van der Waals surface area contributed by atoms with Crippen molar-refractivity contribution in [3.63, 3.8) is 0 Å². The summed E-state index contributed by atoms with van der Waals surface area (Å²) in [6.45, 7) is -2.67. The number of carbonyl (C=O) groups is 1. The summed E-state index contributed by atoms with van der Waals surface area (Å²) < 4.78 is 28.1. The summed E-state index contributed by atoms with van der Waals surface area (Å²) in [6, 6.07) is 5.39. The van der Waals surface area contributed by atoms with Crippen LogP contribution in [0.5, 0.6) is 5.75 Å². The number of nitrogens with two attached hydrogens (primary N) is 1. The minimum Gasteiger partial charge on any atom is -0.435 e. The molecule has 106 valence electrons. The average molecular weight is 282 g/mol. The van der Waals surface area contributed by atoms with Crippen LogP contribution in [0.3, 0.4) is 0 Å². The molecule has 2 aromatic rings. The normalized spacial score (nSPS) is 10.6. The summed E-state index contributed by atoms with van der Waals surface area (Å²) in [6.07, 6.45) is 1.51. The van der Waals surface area contributed by atoms with Crippen molar-refractivity contribution in [2.45, 2.75) is 13.2 Å². The standard InChI is InChI=1S/C12H12F2N4O2/c13-12(14)20-9-3-1-7(2-4-9)11(19)16-5-8-6-17-18-10(8)15/h1-4,6,12H,5H2,(H,16,19)(H3,15,17,18). The molecular weight excluding hydrogens is 270 g/mol. The fourth-order valence-corrected chi connectivity index (χ4v) is 1.53. The molecule has 0 atom stereocenters. The van der Waals surface area contributed by atoms with E-state index >= 15 is 0 Å². The molecule has 4 N–H and O–H groups in total. The van der Waals surface area contributed by atoms with Crippen molar-refractivity contribution in [2.24, 2.45) is 0 Å². The van der Waals surface area contributed by atoms with Gasteiger partial charge in [0.25, 0.3) is 5.91 Å². The minimum atomic E-state index is -2.89.